The van der Waals surface area contributed by atoms with Gasteiger partial charge in [0.05, 0.1) is 5.69 Å². The molecule has 0 aromatic carbocycles. The fraction of sp³-hybridized carbons (Fsp3) is 0.429. The van der Waals surface area contributed by atoms with Gasteiger partial charge in [-0.2, -0.15) is 4.98 Å². The number of nitrogens with one attached hydrogen (secondary N) is 1. The summed E-state index contributed by atoms with van der Waals surface area (Å²) in [5, 5.41) is 6.24. The molecule has 8 nitrogen and oxygen atoms in total. The van der Waals surface area contributed by atoms with Crippen molar-refractivity contribution in [1.29, 1.82) is 0 Å². The molecule has 1 saturated carbocycles. The molecule has 1 aliphatic carbocycles. The minimum atomic E-state index is -0.562. The number of amides is 1. The molecule has 2 unspecified atom stereocenters. The highest BCUT2D eigenvalue weighted by atomic mass is 32.1. The lowest BCUT2D eigenvalue weighted by atomic mass is 9.89. The van der Waals surface area contributed by atoms with Crippen molar-refractivity contribution in [1.82, 2.24) is 19.9 Å². The van der Waals surface area contributed by atoms with Gasteiger partial charge in [-0.3, -0.25) is 4.79 Å². The molecule has 158 valence electrons. The van der Waals surface area contributed by atoms with E-state index >= 15 is 0 Å². The van der Waals surface area contributed by atoms with Gasteiger partial charge in [-0.1, -0.05) is 12.8 Å². The van der Waals surface area contributed by atoms with Crippen LogP contribution in [0.3, 0.4) is 0 Å². The third-order valence-electron chi connectivity index (χ3n) is 5.81. The van der Waals surface area contributed by atoms with Crippen LogP contribution in [0.4, 0.5) is 17.5 Å². The average molecular weight is 426 g/mol. The van der Waals surface area contributed by atoms with Crippen molar-refractivity contribution in [3.05, 3.63) is 35.5 Å². The van der Waals surface area contributed by atoms with Gasteiger partial charge in [0.2, 0.25) is 5.95 Å². The molecular weight excluding hydrogens is 398 g/mol. The van der Waals surface area contributed by atoms with Gasteiger partial charge >= 0.3 is 0 Å². The Morgan fingerprint density at radius 3 is 2.70 bits per heavy atom. The molecule has 4 rings (SSSR count). The van der Waals surface area contributed by atoms with Gasteiger partial charge in [0.15, 0.2) is 0 Å². The number of hydrogen-bond donors (Lipinski definition) is 2. The first kappa shape index (κ1) is 20.5. The Labute approximate surface area is 180 Å². The van der Waals surface area contributed by atoms with Gasteiger partial charge in [0, 0.05) is 42.3 Å². The van der Waals surface area contributed by atoms with E-state index in [-0.39, 0.29) is 5.56 Å². The molecule has 1 amide bonds. The average Bonchev–Trinajstić information content (AvgIpc) is 3.16. The first-order valence-corrected chi connectivity index (χ1v) is 11.0. The maximum Gasteiger partial charge on any atom is 0.254 e. The van der Waals surface area contributed by atoms with Crippen LogP contribution in [0.25, 0.3) is 10.2 Å². The summed E-state index contributed by atoms with van der Waals surface area (Å²) < 4.78 is 0. The van der Waals surface area contributed by atoms with Gasteiger partial charge in [0.1, 0.15) is 16.2 Å². The number of nitrogens with zero attached hydrogens (tertiary/aromatic N) is 5. The van der Waals surface area contributed by atoms with Crippen LogP contribution in [0.1, 0.15) is 36.0 Å². The number of pyridine rings is 1. The molecule has 30 heavy (non-hydrogen) atoms. The van der Waals surface area contributed by atoms with Crippen LogP contribution in [-0.2, 0) is 0 Å². The van der Waals surface area contributed by atoms with E-state index < -0.39 is 5.91 Å². The van der Waals surface area contributed by atoms with E-state index in [1.165, 1.54) is 30.4 Å². The van der Waals surface area contributed by atoms with Crippen molar-refractivity contribution in [3.8, 4) is 0 Å². The number of carbonyl (C=O) groups excluding carboxylic acids is 1. The van der Waals surface area contributed by atoms with Crippen LogP contribution >= 0.6 is 11.3 Å². The number of anilines is 3. The standard InChI is InChI=1S/C21H27N7OS/c1-27(2)16-8-4-5-9-17(16)28(3)21-24-11-14(18(22)29)19(26-21)25-15-12-30-20-13(15)7-6-10-23-20/h6-7,10-12,16-17H,4-5,8-9H2,1-3H3,(H2,22,29)(H,24,25,26). The minimum Gasteiger partial charge on any atom is -0.365 e. The molecule has 0 saturated heterocycles. The first-order chi connectivity index (χ1) is 14.5. The lowest BCUT2D eigenvalue weighted by Gasteiger charge is -2.41. The quantitative estimate of drug-likeness (QED) is 0.625. The lowest BCUT2D eigenvalue weighted by Crippen LogP contribution is -2.50. The molecular formula is C21H27N7OS. The number of aromatic nitrogens is 3. The number of nitrogens with two attached hydrogens (primary N) is 1. The molecule has 0 radical (unpaired) electrons. The third kappa shape index (κ3) is 3.95. The maximum absolute atomic E-state index is 12.0. The molecule has 1 fully saturated rings. The van der Waals surface area contributed by atoms with Crippen molar-refractivity contribution in [2.75, 3.05) is 31.4 Å². The third-order valence-corrected chi connectivity index (χ3v) is 6.72. The van der Waals surface area contributed by atoms with E-state index in [0.717, 1.165) is 28.7 Å². The number of thiophene rings is 1. The topological polar surface area (TPSA) is 100 Å². The highest BCUT2D eigenvalue weighted by Crippen LogP contribution is 2.32. The van der Waals surface area contributed by atoms with E-state index in [1.54, 1.807) is 6.20 Å². The van der Waals surface area contributed by atoms with Crippen LogP contribution < -0.4 is 16.0 Å². The SMILES string of the molecule is CN(C)C1CCCCC1N(C)c1ncc(C(N)=O)c(Nc2csc3ncccc23)n1. The van der Waals surface area contributed by atoms with Crippen LogP contribution in [0.2, 0.25) is 0 Å². The minimum absolute atomic E-state index is 0.267. The lowest BCUT2D eigenvalue weighted by molar-refractivity contribution is 0.100. The van der Waals surface area contributed by atoms with Crippen LogP contribution in [-0.4, -0.2) is 59.0 Å². The van der Waals surface area contributed by atoms with Crippen molar-refractivity contribution < 1.29 is 4.79 Å². The number of primary amides is 1. The summed E-state index contributed by atoms with van der Waals surface area (Å²) in [6, 6.07) is 4.63. The number of carbonyl (C=O) groups is 1. The molecule has 0 aliphatic heterocycles. The Bertz CT molecular complexity index is 1050. The number of hydrogen-bond acceptors (Lipinski definition) is 8. The second-order valence-corrected chi connectivity index (χ2v) is 8.78. The zero-order valence-corrected chi connectivity index (χ0v) is 18.3. The summed E-state index contributed by atoms with van der Waals surface area (Å²) in [5.41, 5.74) is 6.71. The summed E-state index contributed by atoms with van der Waals surface area (Å²) in [5.74, 6) is 0.437. The molecule has 3 heterocycles. The van der Waals surface area contributed by atoms with Crippen molar-refractivity contribution in [2.24, 2.45) is 5.73 Å². The largest absolute Gasteiger partial charge is 0.365 e. The summed E-state index contributed by atoms with van der Waals surface area (Å²) in [7, 11) is 6.27. The van der Waals surface area contributed by atoms with Gasteiger partial charge in [-0.15, -0.1) is 11.3 Å². The van der Waals surface area contributed by atoms with Gasteiger partial charge in [0.25, 0.3) is 5.91 Å². The fourth-order valence-corrected chi connectivity index (χ4v) is 5.05. The molecule has 1 aliphatic rings. The Hall–Kier alpha value is -2.78. The van der Waals surface area contributed by atoms with Crippen molar-refractivity contribution >= 4 is 44.9 Å². The zero-order chi connectivity index (χ0) is 21.3. The second-order valence-electron chi connectivity index (χ2n) is 7.92. The molecule has 3 aromatic rings. The Balaban J connectivity index is 1.68. The Morgan fingerprint density at radius 1 is 1.20 bits per heavy atom. The Morgan fingerprint density at radius 2 is 1.97 bits per heavy atom. The van der Waals surface area contributed by atoms with E-state index in [4.69, 9.17) is 10.7 Å². The maximum atomic E-state index is 12.0. The monoisotopic (exact) mass is 425 g/mol. The second kappa shape index (κ2) is 8.53. The van der Waals surface area contributed by atoms with E-state index in [2.05, 4.69) is 39.2 Å². The van der Waals surface area contributed by atoms with E-state index in [1.807, 2.05) is 24.6 Å². The molecule has 9 heteroatoms. The summed E-state index contributed by atoms with van der Waals surface area (Å²) in [6.45, 7) is 0. The predicted octanol–water partition coefficient (Wildman–Crippen LogP) is 3.24. The predicted molar refractivity (Wildman–Crippen MR) is 122 cm³/mol. The summed E-state index contributed by atoms with van der Waals surface area (Å²) in [6.07, 6.45) is 7.95. The van der Waals surface area contributed by atoms with Crippen LogP contribution in [0, 0.1) is 0 Å². The fourth-order valence-electron chi connectivity index (χ4n) is 4.20. The summed E-state index contributed by atoms with van der Waals surface area (Å²) in [4.78, 5) is 30.9. The van der Waals surface area contributed by atoms with E-state index in [0.29, 0.717) is 23.8 Å². The van der Waals surface area contributed by atoms with Gasteiger partial charge < -0.3 is 20.9 Å². The molecule has 2 atom stereocenters. The van der Waals surface area contributed by atoms with Gasteiger partial charge in [-0.05, 0) is 39.1 Å². The smallest absolute Gasteiger partial charge is 0.254 e. The number of fused-ring (bicyclic) bond motifs is 1. The van der Waals surface area contributed by atoms with Crippen LogP contribution in [0.15, 0.2) is 29.9 Å². The first-order valence-electron chi connectivity index (χ1n) is 10.1. The van der Waals surface area contributed by atoms with Crippen LogP contribution in [0.5, 0.6) is 0 Å². The molecule has 0 bridgehead atoms. The normalized spacial score (nSPS) is 19.2. The number of likely N-dealkylation sites (N-methyl/N-ethyl adjacent to an activating group) is 2. The zero-order valence-electron chi connectivity index (χ0n) is 17.5. The molecule has 3 N–H and O–H groups in total. The van der Waals surface area contributed by atoms with Crippen molar-refractivity contribution in [3.63, 3.8) is 0 Å². The van der Waals surface area contributed by atoms with E-state index in [9.17, 15) is 4.79 Å². The van der Waals surface area contributed by atoms with Gasteiger partial charge in [-0.25, -0.2) is 9.97 Å². The highest BCUT2D eigenvalue weighted by molar-refractivity contribution is 7.17. The highest BCUT2D eigenvalue weighted by Gasteiger charge is 2.31. The Kier molecular flexibility index (Phi) is 5.83. The molecule has 0 spiro atoms. The van der Waals surface area contributed by atoms with Crippen molar-refractivity contribution in [2.45, 2.75) is 37.8 Å². The molecule has 3 aromatic heterocycles. The summed E-state index contributed by atoms with van der Waals surface area (Å²) >= 11 is 1.54. The number of rotatable bonds is 6.